The summed E-state index contributed by atoms with van der Waals surface area (Å²) >= 11 is 0. The van der Waals surface area contributed by atoms with Crippen molar-refractivity contribution >= 4 is 10.9 Å². The Labute approximate surface area is 91.2 Å². The molecule has 1 heterocycles. The first-order chi connectivity index (χ1) is 7.61. The van der Waals surface area contributed by atoms with Gasteiger partial charge in [0.05, 0.1) is 11.6 Å². The van der Waals surface area contributed by atoms with E-state index >= 15 is 0 Å². The Balaban J connectivity index is 2.66. The Morgan fingerprint density at radius 1 is 1.38 bits per heavy atom. The molecule has 1 atom stereocenters. The molecule has 84 valence electrons. The number of H-pyrrole nitrogens is 1. The van der Waals surface area contributed by atoms with Crippen molar-refractivity contribution in [1.82, 2.24) is 4.98 Å². The Bertz CT molecular complexity index is 577. The molecule has 0 saturated carbocycles. The Kier molecular flexibility index (Phi) is 2.64. The molecule has 5 nitrogen and oxygen atoms in total. The normalized spacial score (nSPS) is 12.9. The number of hydrogen-bond donors (Lipinski definition) is 4. The van der Waals surface area contributed by atoms with Crippen LogP contribution in [0.3, 0.4) is 0 Å². The smallest absolute Gasteiger partial charge is 0.252 e. The van der Waals surface area contributed by atoms with E-state index in [1.165, 1.54) is 0 Å². The predicted molar refractivity (Wildman–Crippen MR) is 60.2 cm³/mol. The van der Waals surface area contributed by atoms with Crippen LogP contribution in [-0.4, -0.2) is 21.7 Å². The van der Waals surface area contributed by atoms with Crippen molar-refractivity contribution in [3.63, 3.8) is 0 Å². The number of aliphatic hydroxyl groups excluding tert-OH is 1. The molecule has 2 rings (SSSR count). The molecular formula is C11H12N2O3. The molecule has 0 spiro atoms. The van der Waals surface area contributed by atoms with Gasteiger partial charge in [-0.15, -0.1) is 0 Å². The summed E-state index contributed by atoms with van der Waals surface area (Å²) in [5.41, 5.74) is 6.11. The molecule has 0 saturated heterocycles. The molecular weight excluding hydrogens is 208 g/mol. The second-order valence-corrected chi connectivity index (χ2v) is 3.58. The van der Waals surface area contributed by atoms with Crippen molar-refractivity contribution in [2.24, 2.45) is 5.73 Å². The zero-order valence-corrected chi connectivity index (χ0v) is 8.47. The molecule has 0 aliphatic heterocycles. The van der Waals surface area contributed by atoms with E-state index in [9.17, 15) is 15.0 Å². The van der Waals surface area contributed by atoms with Gasteiger partial charge in [0, 0.05) is 18.0 Å². The Hall–Kier alpha value is -1.85. The maximum atomic E-state index is 11.1. The summed E-state index contributed by atoms with van der Waals surface area (Å²) in [4.78, 5) is 13.7. The topological polar surface area (TPSA) is 99.3 Å². The molecule has 0 aliphatic carbocycles. The minimum Gasteiger partial charge on any atom is -0.507 e. The number of hydrogen-bond acceptors (Lipinski definition) is 4. The molecule has 1 aromatic carbocycles. The average Bonchev–Trinajstić information content (AvgIpc) is 2.27. The summed E-state index contributed by atoms with van der Waals surface area (Å²) in [6, 6.07) is 6.00. The van der Waals surface area contributed by atoms with Crippen LogP contribution in [0.2, 0.25) is 0 Å². The zero-order valence-electron chi connectivity index (χ0n) is 8.47. The van der Waals surface area contributed by atoms with Gasteiger partial charge in [-0.1, -0.05) is 6.07 Å². The highest BCUT2D eigenvalue weighted by atomic mass is 16.3. The first-order valence-electron chi connectivity index (χ1n) is 4.86. The second-order valence-electron chi connectivity index (χ2n) is 3.58. The van der Waals surface area contributed by atoms with E-state index in [1.807, 2.05) is 0 Å². The van der Waals surface area contributed by atoms with Gasteiger partial charge in [0.15, 0.2) is 0 Å². The molecule has 0 radical (unpaired) electrons. The maximum Gasteiger partial charge on any atom is 0.252 e. The summed E-state index contributed by atoms with van der Waals surface area (Å²) in [7, 11) is 0. The largest absolute Gasteiger partial charge is 0.507 e. The number of aromatic hydroxyl groups is 1. The molecule has 0 unspecified atom stereocenters. The third-order valence-electron chi connectivity index (χ3n) is 2.45. The second kappa shape index (κ2) is 3.96. The van der Waals surface area contributed by atoms with Gasteiger partial charge in [0.25, 0.3) is 5.56 Å². The fourth-order valence-electron chi connectivity index (χ4n) is 1.60. The fraction of sp³-hybridized carbons (Fsp3) is 0.182. The van der Waals surface area contributed by atoms with Crippen LogP contribution >= 0.6 is 0 Å². The van der Waals surface area contributed by atoms with Crippen LogP contribution in [0.4, 0.5) is 0 Å². The van der Waals surface area contributed by atoms with Crippen LogP contribution in [-0.2, 0) is 0 Å². The van der Waals surface area contributed by atoms with Gasteiger partial charge >= 0.3 is 0 Å². The van der Waals surface area contributed by atoms with E-state index in [2.05, 4.69) is 4.98 Å². The van der Waals surface area contributed by atoms with Gasteiger partial charge in [0.1, 0.15) is 5.75 Å². The molecule has 0 amide bonds. The van der Waals surface area contributed by atoms with E-state index in [-0.39, 0.29) is 17.9 Å². The first kappa shape index (κ1) is 10.7. The van der Waals surface area contributed by atoms with E-state index in [0.717, 1.165) is 6.07 Å². The Morgan fingerprint density at radius 3 is 2.81 bits per heavy atom. The number of aromatic nitrogens is 1. The highest BCUT2D eigenvalue weighted by Crippen LogP contribution is 2.24. The van der Waals surface area contributed by atoms with E-state index in [0.29, 0.717) is 16.5 Å². The SMILES string of the molecule is NC[C@@H](O)c1ccc2[nH]c(=O)cc(O)c2c1. The van der Waals surface area contributed by atoms with Crippen LogP contribution in [0.5, 0.6) is 5.75 Å². The summed E-state index contributed by atoms with van der Waals surface area (Å²) in [5.74, 6) is -0.107. The third-order valence-corrected chi connectivity index (χ3v) is 2.45. The van der Waals surface area contributed by atoms with Crippen molar-refractivity contribution in [3.8, 4) is 5.75 Å². The highest BCUT2D eigenvalue weighted by molar-refractivity contribution is 5.85. The number of nitrogens with one attached hydrogen (secondary N) is 1. The summed E-state index contributed by atoms with van der Waals surface area (Å²) in [5, 5.41) is 19.6. The molecule has 0 fully saturated rings. The lowest BCUT2D eigenvalue weighted by atomic mass is 10.1. The molecule has 5 heteroatoms. The number of rotatable bonds is 2. The van der Waals surface area contributed by atoms with Gasteiger partial charge in [-0.3, -0.25) is 4.79 Å². The first-order valence-corrected chi connectivity index (χ1v) is 4.86. The minimum absolute atomic E-state index is 0.107. The number of aromatic amines is 1. The molecule has 1 aromatic heterocycles. The molecule has 16 heavy (non-hydrogen) atoms. The molecule has 2 aromatic rings. The van der Waals surface area contributed by atoms with Crippen molar-refractivity contribution in [3.05, 3.63) is 40.2 Å². The van der Waals surface area contributed by atoms with Crippen LogP contribution < -0.4 is 11.3 Å². The van der Waals surface area contributed by atoms with Crippen molar-refractivity contribution < 1.29 is 10.2 Å². The minimum atomic E-state index is -0.768. The molecule has 0 bridgehead atoms. The van der Waals surface area contributed by atoms with Crippen LogP contribution in [0.25, 0.3) is 10.9 Å². The number of nitrogens with two attached hydrogens (primary N) is 1. The zero-order chi connectivity index (χ0) is 11.7. The van der Waals surface area contributed by atoms with Crippen LogP contribution in [0.15, 0.2) is 29.1 Å². The van der Waals surface area contributed by atoms with E-state index in [1.54, 1.807) is 18.2 Å². The standard InChI is InChI=1S/C11H12N2O3/c12-5-10(15)6-1-2-8-7(3-6)9(14)4-11(16)13-8/h1-4,10,15H,5,12H2,(H2,13,14,16)/t10-/m1/s1. The van der Waals surface area contributed by atoms with Gasteiger partial charge in [-0.05, 0) is 17.7 Å². The van der Waals surface area contributed by atoms with Gasteiger partial charge in [-0.25, -0.2) is 0 Å². The summed E-state index contributed by atoms with van der Waals surface area (Å²) in [6.45, 7) is 0.107. The maximum absolute atomic E-state index is 11.1. The lowest BCUT2D eigenvalue weighted by Crippen LogP contribution is -2.11. The van der Waals surface area contributed by atoms with Crippen LogP contribution in [0, 0.1) is 0 Å². The van der Waals surface area contributed by atoms with Gasteiger partial charge < -0.3 is 20.9 Å². The van der Waals surface area contributed by atoms with Crippen LogP contribution in [0.1, 0.15) is 11.7 Å². The van der Waals surface area contributed by atoms with Gasteiger partial charge in [-0.2, -0.15) is 0 Å². The Morgan fingerprint density at radius 2 is 2.12 bits per heavy atom. The van der Waals surface area contributed by atoms with E-state index in [4.69, 9.17) is 5.73 Å². The van der Waals surface area contributed by atoms with Gasteiger partial charge in [0.2, 0.25) is 0 Å². The van der Waals surface area contributed by atoms with Crippen molar-refractivity contribution in [1.29, 1.82) is 0 Å². The van der Waals surface area contributed by atoms with E-state index < -0.39 is 6.10 Å². The summed E-state index contributed by atoms with van der Waals surface area (Å²) < 4.78 is 0. The lowest BCUT2D eigenvalue weighted by molar-refractivity contribution is 0.187. The molecule has 5 N–H and O–H groups in total. The predicted octanol–water partition coefficient (Wildman–Crippen LogP) is 0.226. The monoisotopic (exact) mass is 220 g/mol. The summed E-state index contributed by atoms with van der Waals surface area (Å²) in [6.07, 6.45) is -0.768. The molecule has 0 aliphatic rings. The number of fused-ring (bicyclic) bond motifs is 1. The average molecular weight is 220 g/mol. The van der Waals surface area contributed by atoms with Crippen molar-refractivity contribution in [2.45, 2.75) is 6.10 Å². The third kappa shape index (κ3) is 1.78. The number of pyridine rings is 1. The quantitative estimate of drug-likeness (QED) is 0.582. The number of benzene rings is 1. The van der Waals surface area contributed by atoms with Crippen molar-refractivity contribution in [2.75, 3.05) is 6.54 Å². The lowest BCUT2D eigenvalue weighted by Gasteiger charge is -2.09. The number of aliphatic hydroxyl groups is 1. The highest BCUT2D eigenvalue weighted by Gasteiger charge is 2.08. The fourth-order valence-corrected chi connectivity index (χ4v) is 1.60.